The van der Waals surface area contributed by atoms with Crippen molar-refractivity contribution in [2.24, 2.45) is 5.92 Å². The molecule has 0 N–H and O–H groups in total. The molecule has 1 aliphatic rings. The number of piperidine rings is 1. The maximum absolute atomic E-state index is 12.5. The van der Waals surface area contributed by atoms with Crippen molar-refractivity contribution in [1.29, 1.82) is 0 Å². The first-order chi connectivity index (χ1) is 11.0. The van der Waals surface area contributed by atoms with Gasteiger partial charge in [-0.3, -0.25) is 4.79 Å². The average Bonchev–Trinajstić information content (AvgIpc) is 2.56. The Morgan fingerprint density at radius 1 is 1.26 bits per heavy atom. The quantitative estimate of drug-likeness (QED) is 0.633. The van der Waals surface area contributed by atoms with Crippen LogP contribution in [-0.2, 0) is 14.3 Å². The average molecular weight is 315 g/mol. The number of carbonyl (C=O) groups is 2. The van der Waals surface area contributed by atoms with Gasteiger partial charge in [-0.1, -0.05) is 31.2 Å². The smallest absolute Gasteiger partial charge is 0.334 e. The summed E-state index contributed by atoms with van der Waals surface area (Å²) in [7, 11) is 1.35. The number of benzene rings is 1. The summed E-state index contributed by atoms with van der Waals surface area (Å²) in [6.07, 6.45) is 3.92. The number of likely N-dealkylation sites (tertiary alicyclic amines) is 1. The van der Waals surface area contributed by atoms with Crippen LogP contribution in [0.5, 0.6) is 0 Å². The molecule has 2 rings (SSSR count). The van der Waals surface area contributed by atoms with Crippen molar-refractivity contribution in [3.8, 4) is 0 Å². The monoisotopic (exact) mass is 315 g/mol. The second-order valence-corrected chi connectivity index (χ2v) is 6.26. The third-order valence-electron chi connectivity index (χ3n) is 4.44. The van der Waals surface area contributed by atoms with Crippen LogP contribution in [0.2, 0.25) is 0 Å². The molecule has 4 heteroatoms. The highest BCUT2D eigenvalue weighted by molar-refractivity contribution is 5.99. The van der Waals surface area contributed by atoms with Crippen molar-refractivity contribution in [2.75, 3.05) is 20.2 Å². The van der Waals surface area contributed by atoms with E-state index >= 15 is 0 Å². The number of methoxy groups -OCH3 is 1. The first kappa shape index (κ1) is 17.3. The molecule has 1 saturated heterocycles. The normalized spacial score (nSPS) is 16.3. The van der Waals surface area contributed by atoms with Crippen molar-refractivity contribution >= 4 is 18.0 Å². The molecular formula is C19H25NO3. The fourth-order valence-corrected chi connectivity index (χ4v) is 2.78. The minimum absolute atomic E-state index is 0.00198. The number of esters is 1. The lowest BCUT2D eigenvalue weighted by Gasteiger charge is -2.30. The number of hydrogen-bond acceptors (Lipinski definition) is 3. The summed E-state index contributed by atoms with van der Waals surface area (Å²) < 4.78 is 4.85. The summed E-state index contributed by atoms with van der Waals surface area (Å²) in [5.41, 5.74) is 2.41. The van der Waals surface area contributed by atoms with E-state index in [2.05, 4.69) is 6.92 Å². The molecule has 4 nitrogen and oxygen atoms in total. The third kappa shape index (κ3) is 4.68. The van der Waals surface area contributed by atoms with E-state index in [-0.39, 0.29) is 12.3 Å². The van der Waals surface area contributed by atoms with Gasteiger partial charge in [-0.2, -0.15) is 0 Å². The van der Waals surface area contributed by atoms with E-state index in [9.17, 15) is 9.59 Å². The Kier molecular flexibility index (Phi) is 5.97. The molecule has 124 valence electrons. The topological polar surface area (TPSA) is 46.6 Å². The fourth-order valence-electron chi connectivity index (χ4n) is 2.78. The van der Waals surface area contributed by atoms with Crippen LogP contribution < -0.4 is 0 Å². The van der Waals surface area contributed by atoms with Gasteiger partial charge in [0.25, 0.3) is 0 Å². The maximum atomic E-state index is 12.5. The van der Waals surface area contributed by atoms with E-state index in [1.165, 1.54) is 7.11 Å². The number of amides is 1. The van der Waals surface area contributed by atoms with Crippen LogP contribution in [0.4, 0.5) is 0 Å². The lowest BCUT2D eigenvalue weighted by molar-refractivity contribution is -0.139. The van der Waals surface area contributed by atoms with Gasteiger partial charge in [-0.15, -0.1) is 0 Å². The Morgan fingerprint density at radius 2 is 1.91 bits per heavy atom. The molecule has 1 heterocycles. The molecule has 1 aromatic carbocycles. The highest BCUT2D eigenvalue weighted by Gasteiger charge is 2.23. The minimum atomic E-state index is -0.438. The fraction of sp³-hybridized carbons (Fsp3) is 0.474. The van der Waals surface area contributed by atoms with Gasteiger partial charge in [-0.25, -0.2) is 4.79 Å². The number of carbonyl (C=O) groups excluding carboxylic acids is 2. The lowest BCUT2D eigenvalue weighted by Crippen LogP contribution is -2.38. The van der Waals surface area contributed by atoms with E-state index < -0.39 is 5.97 Å². The molecule has 0 spiro atoms. The van der Waals surface area contributed by atoms with Crippen molar-refractivity contribution < 1.29 is 14.3 Å². The molecule has 0 aromatic heterocycles. The number of rotatable bonds is 4. The number of aryl methyl sites for hydroxylation is 1. The second kappa shape index (κ2) is 7.95. The van der Waals surface area contributed by atoms with E-state index in [1.54, 1.807) is 6.08 Å². The van der Waals surface area contributed by atoms with Crippen molar-refractivity contribution in [3.05, 3.63) is 41.0 Å². The van der Waals surface area contributed by atoms with Crippen LogP contribution in [0.1, 0.15) is 37.3 Å². The van der Waals surface area contributed by atoms with E-state index in [4.69, 9.17) is 4.74 Å². The largest absolute Gasteiger partial charge is 0.466 e. The zero-order valence-electron chi connectivity index (χ0n) is 14.2. The van der Waals surface area contributed by atoms with E-state index in [0.717, 1.165) is 37.1 Å². The van der Waals surface area contributed by atoms with Gasteiger partial charge < -0.3 is 9.64 Å². The van der Waals surface area contributed by atoms with Crippen LogP contribution in [0.15, 0.2) is 29.8 Å². The summed E-state index contributed by atoms with van der Waals surface area (Å²) >= 11 is 0. The summed E-state index contributed by atoms with van der Waals surface area (Å²) in [5.74, 6) is 0.232. The molecule has 1 aromatic rings. The third-order valence-corrected chi connectivity index (χ3v) is 4.44. The molecule has 23 heavy (non-hydrogen) atoms. The molecule has 0 atom stereocenters. The van der Waals surface area contributed by atoms with Gasteiger partial charge in [0.15, 0.2) is 0 Å². The van der Waals surface area contributed by atoms with Crippen LogP contribution in [-0.4, -0.2) is 37.0 Å². The van der Waals surface area contributed by atoms with E-state index in [1.807, 2.05) is 36.1 Å². The zero-order valence-corrected chi connectivity index (χ0v) is 14.2. The Labute approximate surface area is 138 Å². The number of hydrogen-bond donors (Lipinski definition) is 0. The highest BCUT2D eigenvalue weighted by Crippen LogP contribution is 2.20. The summed E-state index contributed by atoms with van der Waals surface area (Å²) in [6, 6.07) is 7.78. The van der Waals surface area contributed by atoms with Gasteiger partial charge in [0.05, 0.1) is 13.5 Å². The molecule has 0 unspecified atom stereocenters. The summed E-state index contributed by atoms with van der Waals surface area (Å²) in [4.78, 5) is 26.4. The molecule has 0 aliphatic carbocycles. The molecule has 1 amide bonds. The second-order valence-electron chi connectivity index (χ2n) is 6.26. The molecule has 1 aliphatic heterocycles. The van der Waals surface area contributed by atoms with Gasteiger partial charge in [0.1, 0.15) is 0 Å². The van der Waals surface area contributed by atoms with Crippen molar-refractivity contribution in [1.82, 2.24) is 4.90 Å². The Hall–Kier alpha value is -2.10. The van der Waals surface area contributed by atoms with Gasteiger partial charge in [-0.05, 0) is 42.9 Å². The molecular weight excluding hydrogens is 290 g/mol. The zero-order chi connectivity index (χ0) is 16.8. The highest BCUT2D eigenvalue weighted by atomic mass is 16.5. The first-order valence-electron chi connectivity index (χ1n) is 8.13. The number of ether oxygens (including phenoxy) is 1. The SMILES string of the molecule is COC(=O)/C(=C/c1ccccc1C)CC(=O)N1CCC(C)CC1. The lowest BCUT2D eigenvalue weighted by atomic mass is 9.98. The summed E-state index contributed by atoms with van der Waals surface area (Å²) in [5, 5.41) is 0. The molecule has 0 bridgehead atoms. The Morgan fingerprint density at radius 3 is 2.52 bits per heavy atom. The summed E-state index contributed by atoms with van der Waals surface area (Å²) in [6.45, 7) is 5.74. The minimum Gasteiger partial charge on any atom is -0.466 e. The standard InChI is InChI=1S/C19H25NO3/c1-14-8-10-20(11-9-14)18(21)13-17(19(22)23-3)12-16-7-5-4-6-15(16)2/h4-7,12,14H,8-11,13H2,1-3H3/b17-12+. The van der Waals surface area contributed by atoms with Gasteiger partial charge in [0, 0.05) is 18.7 Å². The molecule has 1 fully saturated rings. The predicted octanol–water partition coefficient (Wildman–Crippen LogP) is 3.20. The first-order valence-corrected chi connectivity index (χ1v) is 8.13. The molecule has 0 saturated carbocycles. The van der Waals surface area contributed by atoms with Crippen LogP contribution >= 0.6 is 0 Å². The number of nitrogens with zero attached hydrogens (tertiary/aromatic N) is 1. The Bertz CT molecular complexity index is 598. The Balaban J connectivity index is 2.15. The predicted molar refractivity (Wildman–Crippen MR) is 90.8 cm³/mol. The van der Waals surface area contributed by atoms with Gasteiger partial charge >= 0.3 is 5.97 Å². The van der Waals surface area contributed by atoms with E-state index in [0.29, 0.717) is 11.5 Å². The van der Waals surface area contributed by atoms with Crippen LogP contribution in [0, 0.1) is 12.8 Å². The van der Waals surface area contributed by atoms with Crippen LogP contribution in [0.3, 0.4) is 0 Å². The molecule has 0 radical (unpaired) electrons. The van der Waals surface area contributed by atoms with Crippen molar-refractivity contribution in [2.45, 2.75) is 33.1 Å². The maximum Gasteiger partial charge on any atom is 0.334 e. The van der Waals surface area contributed by atoms with Crippen molar-refractivity contribution in [3.63, 3.8) is 0 Å². The van der Waals surface area contributed by atoms with Gasteiger partial charge in [0.2, 0.25) is 5.91 Å². The van der Waals surface area contributed by atoms with Crippen LogP contribution in [0.25, 0.3) is 6.08 Å².